The van der Waals surface area contributed by atoms with E-state index in [0.717, 1.165) is 0 Å². The van der Waals surface area contributed by atoms with E-state index in [1.807, 2.05) is 0 Å². The SMILES string of the molecule is CC(C)C(C(=O)O)S(=O)(=O)CCS(=O)(=O)C(C)(C)C. The summed E-state index contributed by atoms with van der Waals surface area (Å²) >= 11 is 0. The number of sulfone groups is 2. The highest BCUT2D eigenvalue weighted by molar-refractivity contribution is 7.96. The Labute approximate surface area is 115 Å². The number of hydrogen-bond donors (Lipinski definition) is 1. The molecule has 0 aromatic rings. The molecule has 0 aliphatic heterocycles. The van der Waals surface area contributed by atoms with Gasteiger partial charge in [-0.25, -0.2) is 16.8 Å². The summed E-state index contributed by atoms with van der Waals surface area (Å²) in [5.41, 5.74) is 0. The minimum atomic E-state index is -3.99. The van der Waals surface area contributed by atoms with E-state index in [1.54, 1.807) is 0 Å². The summed E-state index contributed by atoms with van der Waals surface area (Å²) < 4.78 is 46.5. The van der Waals surface area contributed by atoms with E-state index in [4.69, 9.17) is 5.11 Å². The maximum absolute atomic E-state index is 11.9. The van der Waals surface area contributed by atoms with Crippen LogP contribution in [0.4, 0.5) is 0 Å². The van der Waals surface area contributed by atoms with Crippen LogP contribution in [0.5, 0.6) is 0 Å². The van der Waals surface area contributed by atoms with Gasteiger partial charge >= 0.3 is 5.97 Å². The third kappa shape index (κ3) is 4.76. The van der Waals surface area contributed by atoms with Crippen LogP contribution in [0.1, 0.15) is 34.6 Å². The van der Waals surface area contributed by atoms with Gasteiger partial charge in [-0.05, 0) is 26.7 Å². The summed E-state index contributed by atoms with van der Waals surface area (Å²) in [6, 6.07) is 0. The Morgan fingerprint density at radius 1 is 1.05 bits per heavy atom. The average Bonchev–Trinajstić information content (AvgIpc) is 2.11. The molecule has 0 fully saturated rings. The molecule has 0 aromatic carbocycles. The summed E-state index contributed by atoms with van der Waals surface area (Å²) in [5, 5.41) is 7.37. The second-order valence-electron chi connectivity index (χ2n) is 5.80. The van der Waals surface area contributed by atoms with Crippen molar-refractivity contribution < 1.29 is 26.7 Å². The van der Waals surface area contributed by atoms with Gasteiger partial charge in [0.05, 0.1) is 16.3 Å². The smallest absolute Gasteiger partial charge is 0.322 e. The van der Waals surface area contributed by atoms with Crippen molar-refractivity contribution in [3.63, 3.8) is 0 Å². The Kier molecular flexibility index (Phi) is 5.59. The normalized spacial score (nSPS) is 15.5. The Bertz CT molecular complexity index is 522. The van der Waals surface area contributed by atoms with Crippen molar-refractivity contribution in [2.24, 2.45) is 5.92 Å². The Hall–Kier alpha value is -0.630. The first-order chi connectivity index (χ1) is 8.22. The predicted molar refractivity (Wildman–Crippen MR) is 73.6 cm³/mol. The third-order valence-corrected chi connectivity index (χ3v) is 7.96. The highest BCUT2D eigenvalue weighted by Crippen LogP contribution is 2.19. The molecule has 0 saturated heterocycles. The topological polar surface area (TPSA) is 106 Å². The maximum Gasteiger partial charge on any atom is 0.322 e. The van der Waals surface area contributed by atoms with Crippen molar-refractivity contribution in [2.45, 2.75) is 44.6 Å². The van der Waals surface area contributed by atoms with E-state index in [0.29, 0.717) is 0 Å². The molecule has 19 heavy (non-hydrogen) atoms. The van der Waals surface area contributed by atoms with E-state index in [-0.39, 0.29) is 0 Å². The molecule has 6 nitrogen and oxygen atoms in total. The zero-order valence-electron chi connectivity index (χ0n) is 11.9. The highest BCUT2D eigenvalue weighted by atomic mass is 32.2. The minimum Gasteiger partial charge on any atom is -0.480 e. The van der Waals surface area contributed by atoms with Crippen LogP contribution >= 0.6 is 0 Å². The number of carbonyl (C=O) groups is 1. The maximum atomic E-state index is 11.9. The van der Waals surface area contributed by atoms with Crippen molar-refractivity contribution in [2.75, 3.05) is 11.5 Å². The van der Waals surface area contributed by atoms with Crippen LogP contribution < -0.4 is 0 Å². The molecule has 0 aliphatic rings. The zero-order valence-corrected chi connectivity index (χ0v) is 13.5. The van der Waals surface area contributed by atoms with Crippen molar-refractivity contribution in [1.82, 2.24) is 0 Å². The molecule has 0 amide bonds. The quantitative estimate of drug-likeness (QED) is 0.774. The van der Waals surface area contributed by atoms with E-state index >= 15 is 0 Å². The van der Waals surface area contributed by atoms with Crippen LogP contribution in [0.2, 0.25) is 0 Å². The average molecular weight is 314 g/mol. The zero-order chi connectivity index (χ0) is 15.6. The van der Waals surface area contributed by atoms with Crippen molar-refractivity contribution >= 4 is 25.6 Å². The summed E-state index contributed by atoms with van der Waals surface area (Å²) in [4.78, 5) is 11.0. The molecule has 1 N–H and O–H groups in total. The fourth-order valence-corrected chi connectivity index (χ4v) is 5.32. The summed E-state index contributed by atoms with van der Waals surface area (Å²) in [7, 11) is -7.58. The van der Waals surface area contributed by atoms with Gasteiger partial charge in [-0.1, -0.05) is 13.8 Å². The van der Waals surface area contributed by atoms with Gasteiger partial charge < -0.3 is 5.11 Å². The van der Waals surface area contributed by atoms with Gasteiger partial charge in [0.1, 0.15) is 0 Å². The van der Waals surface area contributed by atoms with Crippen LogP contribution in [0.3, 0.4) is 0 Å². The summed E-state index contributed by atoms with van der Waals surface area (Å²) in [6.45, 7) is 7.40. The molecule has 1 atom stereocenters. The molecule has 0 radical (unpaired) electrons. The van der Waals surface area contributed by atoms with Gasteiger partial charge in [-0.3, -0.25) is 4.79 Å². The van der Waals surface area contributed by atoms with Crippen LogP contribution in [-0.2, 0) is 24.5 Å². The molecule has 0 rings (SSSR count). The highest BCUT2D eigenvalue weighted by Gasteiger charge is 2.37. The van der Waals surface area contributed by atoms with Crippen molar-refractivity contribution in [3.05, 3.63) is 0 Å². The first-order valence-corrected chi connectivity index (χ1v) is 9.26. The number of carboxylic acids is 1. The standard InChI is InChI=1S/C11H22O6S2/c1-8(2)9(10(12)13)18(14,15)6-7-19(16,17)11(3,4)5/h8-9H,6-7H2,1-5H3,(H,12,13). The molecule has 1 unspecified atom stereocenters. The lowest BCUT2D eigenvalue weighted by Crippen LogP contribution is -2.40. The summed E-state index contributed by atoms with van der Waals surface area (Å²) in [5.74, 6) is -3.28. The first kappa shape index (κ1) is 18.4. The monoisotopic (exact) mass is 314 g/mol. The van der Waals surface area contributed by atoms with E-state index < -0.39 is 53.1 Å². The van der Waals surface area contributed by atoms with E-state index in [2.05, 4.69) is 0 Å². The van der Waals surface area contributed by atoms with E-state index in [1.165, 1.54) is 34.6 Å². The molecule has 0 heterocycles. The number of hydrogen-bond acceptors (Lipinski definition) is 5. The van der Waals surface area contributed by atoms with Crippen LogP contribution in [-0.4, -0.2) is 49.4 Å². The largest absolute Gasteiger partial charge is 0.480 e. The van der Waals surface area contributed by atoms with Crippen molar-refractivity contribution in [1.29, 1.82) is 0 Å². The third-order valence-electron chi connectivity index (χ3n) is 2.81. The Balaban J connectivity index is 5.16. The number of rotatable bonds is 6. The first-order valence-electron chi connectivity index (χ1n) is 5.89. The van der Waals surface area contributed by atoms with Gasteiger partial charge in [-0.2, -0.15) is 0 Å². The lowest BCUT2D eigenvalue weighted by Gasteiger charge is -2.21. The van der Waals surface area contributed by atoms with Crippen LogP contribution in [0, 0.1) is 5.92 Å². The molecular formula is C11H22O6S2. The molecule has 0 saturated carbocycles. The Morgan fingerprint density at radius 2 is 1.47 bits per heavy atom. The molecule has 0 aliphatic carbocycles. The van der Waals surface area contributed by atoms with Gasteiger partial charge in [0.25, 0.3) is 0 Å². The predicted octanol–water partition coefficient (Wildman–Crippen LogP) is 0.724. The minimum absolute atomic E-state index is 0.560. The van der Waals surface area contributed by atoms with Crippen LogP contribution in [0.25, 0.3) is 0 Å². The number of aliphatic carboxylic acids is 1. The van der Waals surface area contributed by atoms with Gasteiger partial charge in [0, 0.05) is 0 Å². The second-order valence-corrected chi connectivity index (χ2v) is 10.9. The van der Waals surface area contributed by atoms with Gasteiger partial charge in [0.15, 0.2) is 24.9 Å². The van der Waals surface area contributed by atoms with Crippen LogP contribution in [0.15, 0.2) is 0 Å². The molecule has 0 spiro atoms. The second kappa shape index (κ2) is 5.78. The van der Waals surface area contributed by atoms with Gasteiger partial charge in [0.2, 0.25) is 0 Å². The molecule has 114 valence electrons. The summed E-state index contributed by atoms with van der Waals surface area (Å²) in [6.07, 6.45) is 0. The van der Waals surface area contributed by atoms with Gasteiger partial charge in [-0.15, -0.1) is 0 Å². The fraction of sp³-hybridized carbons (Fsp3) is 0.909. The van der Waals surface area contributed by atoms with E-state index in [9.17, 15) is 21.6 Å². The van der Waals surface area contributed by atoms with Crippen molar-refractivity contribution in [3.8, 4) is 0 Å². The Morgan fingerprint density at radius 3 is 1.74 bits per heavy atom. The number of carboxylic acid groups (broad SMARTS) is 1. The molecule has 0 aromatic heterocycles. The lowest BCUT2D eigenvalue weighted by atomic mass is 10.1. The fourth-order valence-electron chi connectivity index (χ4n) is 1.51. The molecule has 8 heteroatoms. The molecular weight excluding hydrogens is 292 g/mol. The molecule has 0 bridgehead atoms. The lowest BCUT2D eigenvalue weighted by molar-refractivity contribution is -0.137.